The van der Waals surface area contributed by atoms with Crippen LogP contribution in [0.1, 0.15) is 18.7 Å². The number of hydrogen-bond donors (Lipinski definition) is 3. The van der Waals surface area contributed by atoms with E-state index in [9.17, 15) is 4.79 Å². The second-order valence-electron chi connectivity index (χ2n) is 4.49. The van der Waals surface area contributed by atoms with E-state index in [4.69, 9.17) is 14.9 Å². The Labute approximate surface area is 117 Å². The predicted molar refractivity (Wildman–Crippen MR) is 76.8 cm³/mol. The Balaban J connectivity index is 2.03. The second-order valence-corrected chi connectivity index (χ2v) is 4.49. The van der Waals surface area contributed by atoms with Crippen LogP contribution in [0.25, 0.3) is 11.0 Å². The van der Waals surface area contributed by atoms with Gasteiger partial charge in [-0.2, -0.15) is 0 Å². The average Bonchev–Trinajstić information content (AvgIpc) is 2.87. The van der Waals surface area contributed by atoms with E-state index in [2.05, 4.69) is 10.6 Å². The predicted octanol–water partition coefficient (Wildman–Crippen LogP) is 1.76. The summed E-state index contributed by atoms with van der Waals surface area (Å²) in [6, 6.07) is 7.26. The highest BCUT2D eigenvalue weighted by molar-refractivity contribution is 5.83. The van der Waals surface area contributed by atoms with Crippen molar-refractivity contribution in [2.24, 2.45) is 5.73 Å². The van der Waals surface area contributed by atoms with E-state index in [-0.39, 0.29) is 6.04 Å². The standard InChI is InChI=1S/C14H19N3O3/c1-9(16-6-7-17-14(15)18)12-8-10-4-3-5-11(19-2)13(10)20-12/h3-5,8-9,16H,6-7H2,1-2H3,(H3,15,17,18). The number of methoxy groups -OCH3 is 1. The number of hydrogen-bond acceptors (Lipinski definition) is 4. The number of amides is 2. The number of furan rings is 1. The van der Waals surface area contributed by atoms with Gasteiger partial charge in [0.1, 0.15) is 5.76 Å². The molecule has 2 aromatic rings. The maximum atomic E-state index is 10.6. The summed E-state index contributed by atoms with van der Waals surface area (Å²) >= 11 is 0. The van der Waals surface area contributed by atoms with Crippen molar-refractivity contribution < 1.29 is 13.9 Å². The van der Waals surface area contributed by atoms with Gasteiger partial charge in [0.2, 0.25) is 0 Å². The summed E-state index contributed by atoms with van der Waals surface area (Å²) in [7, 11) is 1.62. The third-order valence-corrected chi connectivity index (χ3v) is 3.05. The van der Waals surface area contributed by atoms with E-state index >= 15 is 0 Å². The fourth-order valence-electron chi connectivity index (χ4n) is 2.01. The topological polar surface area (TPSA) is 89.5 Å². The number of nitrogens with two attached hydrogens (primary N) is 1. The Kier molecular flexibility index (Phi) is 4.47. The lowest BCUT2D eigenvalue weighted by Crippen LogP contribution is -2.35. The van der Waals surface area contributed by atoms with E-state index in [1.807, 2.05) is 31.2 Å². The molecule has 1 unspecified atom stereocenters. The molecule has 0 bridgehead atoms. The molecule has 20 heavy (non-hydrogen) atoms. The molecular weight excluding hydrogens is 258 g/mol. The Morgan fingerprint density at radius 3 is 2.95 bits per heavy atom. The molecule has 0 aliphatic rings. The largest absolute Gasteiger partial charge is 0.493 e. The molecular formula is C14H19N3O3. The van der Waals surface area contributed by atoms with Crippen LogP contribution in [-0.2, 0) is 0 Å². The SMILES string of the molecule is COc1cccc2cc(C(C)NCCNC(N)=O)oc12. The highest BCUT2D eigenvalue weighted by atomic mass is 16.5. The zero-order chi connectivity index (χ0) is 14.5. The molecule has 0 saturated carbocycles. The number of fused-ring (bicyclic) bond motifs is 1. The van der Waals surface area contributed by atoms with Crippen molar-refractivity contribution in [3.05, 3.63) is 30.0 Å². The van der Waals surface area contributed by atoms with Crippen LogP contribution in [0.5, 0.6) is 5.75 Å². The Morgan fingerprint density at radius 1 is 1.45 bits per heavy atom. The van der Waals surface area contributed by atoms with E-state index < -0.39 is 6.03 Å². The van der Waals surface area contributed by atoms with Crippen molar-refractivity contribution in [3.8, 4) is 5.75 Å². The number of carbonyl (C=O) groups excluding carboxylic acids is 1. The molecule has 0 saturated heterocycles. The maximum absolute atomic E-state index is 10.6. The Hall–Kier alpha value is -2.21. The number of urea groups is 1. The van der Waals surface area contributed by atoms with Crippen molar-refractivity contribution in [1.29, 1.82) is 0 Å². The van der Waals surface area contributed by atoms with Crippen molar-refractivity contribution >= 4 is 17.0 Å². The van der Waals surface area contributed by atoms with Crippen LogP contribution in [0.4, 0.5) is 4.79 Å². The van der Waals surface area contributed by atoms with Gasteiger partial charge in [0.15, 0.2) is 11.3 Å². The number of nitrogens with one attached hydrogen (secondary N) is 2. The molecule has 1 heterocycles. The molecule has 2 rings (SSSR count). The monoisotopic (exact) mass is 277 g/mol. The number of rotatable bonds is 6. The number of ether oxygens (including phenoxy) is 1. The molecule has 0 fully saturated rings. The zero-order valence-corrected chi connectivity index (χ0v) is 11.6. The number of primary amides is 1. The number of para-hydroxylation sites is 1. The summed E-state index contributed by atoms with van der Waals surface area (Å²) in [6.45, 7) is 3.08. The summed E-state index contributed by atoms with van der Waals surface area (Å²) < 4.78 is 11.1. The van der Waals surface area contributed by atoms with Crippen molar-refractivity contribution in [3.63, 3.8) is 0 Å². The first-order chi connectivity index (χ1) is 9.61. The van der Waals surface area contributed by atoms with Crippen LogP contribution < -0.4 is 21.1 Å². The second kappa shape index (κ2) is 6.29. The average molecular weight is 277 g/mol. The lowest BCUT2D eigenvalue weighted by molar-refractivity contribution is 0.248. The van der Waals surface area contributed by atoms with Crippen LogP contribution >= 0.6 is 0 Å². The summed E-state index contributed by atoms with van der Waals surface area (Å²) in [5, 5.41) is 6.77. The number of carbonyl (C=O) groups is 1. The molecule has 108 valence electrons. The molecule has 6 heteroatoms. The van der Waals surface area contributed by atoms with Crippen LogP contribution in [-0.4, -0.2) is 26.2 Å². The molecule has 1 aromatic carbocycles. The van der Waals surface area contributed by atoms with Crippen LogP contribution in [0.3, 0.4) is 0 Å². The van der Waals surface area contributed by atoms with Crippen molar-refractivity contribution in [1.82, 2.24) is 10.6 Å². The molecule has 0 aliphatic heterocycles. The van der Waals surface area contributed by atoms with Gasteiger partial charge in [0, 0.05) is 18.5 Å². The van der Waals surface area contributed by atoms with Gasteiger partial charge >= 0.3 is 6.03 Å². The molecule has 0 spiro atoms. The highest BCUT2D eigenvalue weighted by Gasteiger charge is 2.13. The van der Waals surface area contributed by atoms with Gasteiger partial charge in [-0.1, -0.05) is 12.1 Å². The van der Waals surface area contributed by atoms with E-state index in [1.54, 1.807) is 7.11 Å². The first-order valence-corrected chi connectivity index (χ1v) is 6.45. The summed E-state index contributed by atoms with van der Waals surface area (Å²) in [5.74, 6) is 1.54. The molecule has 4 N–H and O–H groups in total. The Bertz CT molecular complexity index is 594. The number of benzene rings is 1. The molecule has 0 radical (unpaired) electrons. The van der Waals surface area contributed by atoms with Gasteiger partial charge in [0.25, 0.3) is 0 Å². The molecule has 1 aromatic heterocycles. The molecule has 0 aliphatic carbocycles. The van der Waals surface area contributed by atoms with E-state index in [0.717, 1.165) is 22.5 Å². The van der Waals surface area contributed by atoms with Crippen LogP contribution in [0.15, 0.2) is 28.7 Å². The maximum Gasteiger partial charge on any atom is 0.312 e. The third kappa shape index (κ3) is 3.21. The molecule has 2 amide bonds. The smallest absolute Gasteiger partial charge is 0.312 e. The fourth-order valence-corrected chi connectivity index (χ4v) is 2.01. The quantitative estimate of drug-likeness (QED) is 0.702. The lowest BCUT2D eigenvalue weighted by Gasteiger charge is -2.11. The normalized spacial score (nSPS) is 12.3. The van der Waals surface area contributed by atoms with Crippen molar-refractivity contribution in [2.75, 3.05) is 20.2 Å². The van der Waals surface area contributed by atoms with Gasteiger partial charge in [-0.05, 0) is 19.1 Å². The first-order valence-electron chi connectivity index (χ1n) is 6.45. The van der Waals surface area contributed by atoms with Gasteiger partial charge in [-0.25, -0.2) is 4.79 Å². The highest BCUT2D eigenvalue weighted by Crippen LogP contribution is 2.30. The molecule has 1 atom stereocenters. The first kappa shape index (κ1) is 14.2. The third-order valence-electron chi connectivity index (χ3n) is 3.05. The summed E-state index contributed by atoms with van der Waals surface area (Å²) in [5.41, 5.74) is 5.74. The minimum atomic E-state index is -0.520. The van der Waals surface area contributed by atoms with Crippen molar-refractivity contribution in [2.45, 2.75) is 13.0 Å². The minimum absolute atomic E-state index is 0.0294. The van der Waals surface area contributed by atoms with E-state index in [1.165, 1.54) is 0 Å². The summed E-state index contributed by atoms with van der Waals surface area (Å²) in [4.78, 5) is 10.6. The van der Waals surface area contributed by atoms with Gasteiger partial charge in [-0.3, -0.25) is 0 Å². The minimum Gasteiger partial charge on any atom is -0.493 e. The van der Waals surface area contributed by atoms with E-state index in [0.29, 0.717) is 13.1 Å². The van der Waals surface area contributed by atoms with Gasteiger partial charge in [-0.15, -0.1) is 0 Å². The fraction of sp³-hybridized carbons (Fsp3) is 0.357. The van der Waals surface area contributed by atoms with Gasteiger partial charge < -0.3 is 25.5 Å². The zero-order valence-electron chi connectivity index (χ0n) is 11.6. The molecule has 6 nitrogen and oxygen atoms in total. The van der Waals surface area contributed by atoms with Gasteiger partial charge in [0.05, 0.1) is 13.2 Å². The Morgan fingerprint density at radius 2 is 2.25 bits per heavy atom. The summed E-state index contributed by atoms with van der Waals surface area (Å²) in [6.07, 6.45) is 0. The van der Waals surface area contributed by atoms with Crippen LogP contribution in [0, 0.1) is 0 Å². The lowest BCUT2D eigenvalue weighted by atomic mass is 10.2. The van der Waals surface area contributed by atoms with Crippen LogP contribution in [0.2, 0.25) is 0 Å².